The van der Waals surface area contributed by atoms with Gasteiger partial charge in [0.25, 0.3) is 5.91 Å². The van der Waals surface area contributed by atoms with E-state index in [1.165, 1.54) is 0 Å². The Balaban J connectivity index is 1.66. The smallest absolute Gasteiger partial charge is 0.309 e. The number of esters is 1. The number of rotatable bonds is 7. The molecular formula is C18H27N3O4. The summed E-state index contributed by atoms with van der Waals surface area (Å²) in [6.07, 6.45) is 2.12. The first-order valence-electron chi connectivity index (χ1n) is 9.06. The lowest BCUT2D eigenvalue weighted by Crippen LogP contribution is -2.40. The van der Waals surface area contributed by atoms with Gasteiger partial charge in [-0.15, -0.1) is 0 Å². The van der Waals surface area contributed by atoms with Crippen molar-refractivity contribution in [2.75, 3.05) is 19.8 Å². The number of nitrogens with zero attached hydrogens (tertiary/aromatic N) is 3. The largest absolute Gasteiger partial charge is 0.466 e. The van der Waals surface area contributed by atoms with E-state index in [0.717, 1.165) is 30.7 Å². The van der Waals surface area contributed by atoms with Crippen molar-refractivity contribution in [3.8, 4) is 0 Å². The average molecular weight is 349 g/mol. The van der Waals surface area contributed by atoms with Gasteiger partial charge in [0, 0.05) is 25.9 Å². The standard InChI is InChI=1S/C18H27N3O4/c1-4-24-18(23)15-9-13(15)10-21(17(22)16-6-5-7-25-16)11-14-8-12(2)20(3)19-14/h8,13,15-16H,4-7,9-11H2,1-3H3/t13-,15+,16-/m0/s1. The molecule has 1 aliphatic heterocycles. The van der Waals surface area contributed by atoms with Gasteiger partial charge >= 0.3 is 5.97 Å². The van der Waals surface area contributed by atoms with E-state index in [1.54, 1.807) is 0 Å². The molecule has 2 aliphatic rings. The van der Waals surface area contributed by atoms with Gasteiger partial charge in [-0.05, 0) is 45.1 Å². The van der Waals surface area contributed by atoms with Crippen LogP contribution < -0.4 is 0 Å². The molecule has 0 radical (unpaired) electrons. The summed E-state index contributed by atoms with van der Waals surface area (Å²) in [5.41, 5.74) is 1.91. The van der Waals surface area contributed by atoms with Crippen molar-refractivity contribution in [3.63, 3.8) is 0 Å². The van der Waals surface area contributed by atoms with Crippen LogP contribution in [0.1, 0.15) is 37.6 Å². The minimum absolute atomic E-state index is 0.00955. The van der Waals surface area contributed by atoms with E-state index in [4.69, 9.17) is 9.47 Å². The number of carbonyl (C=O) groups is 2. The van der Waals surface area contributed by atoms with Gasteiger partial charge in [-0.25, -0.2) is 0 Å². The molecule has 1 aromatic heterocycles. The normalized spacial score (nSPS) is 25.0. The highest BCUT2D eigenvalue weighted by Gasteiger charge is 2.46. The molecule has 1 aromatic rings. The van der Waals surface area contributed by atoms with E-state index in [2.05, 4.69) is 5.10 Å². The molecule has 7 heteroatoms. The molecule has 2 fully saturated rings. The van der Waals surface area contributed by atoms with Crippen molar-refractivity contribution in [1.82, 2.24) is 14.7 Å². The summed E-state index contributed by atoms with van der Waals surface area (Å²) in [7, 11) is 1.89. The molecule has 1 saturated carbocycles. The molecule has 0 unspecified atom stereocenters. The molecule has 1 saturated heterocycles. The first-order valence-corrected chi connectivity index (χ1v) is 9.06. The molecule has 25 heavy (non-hydrogen) atoms. The molecule has 0 bridgehead atoms. The van der Waals surface area contributed by atoms with Crippen LogP contribution in [0.3, 0.4) is 0 Å². The first kappa shape index (κ1) is 17.9. The van der Waals surface area contributed by atoms with E-state index in [-0.39, 0.29) is 29.8 Å². The SMILES string of the molecule is CCOC(=O)[C@@H]1C[C@H]1CN(Cc1cc(C)n(C)n1)C(=O)[C@@H]1CCCO1. The number of hydrogen-bond acceptors (Lipinski definition) is 5. The fourth-order valence-electron chi connectivity index (χ4n) is 3.39. The second-order valence-corrected chi connectivity index (χ2v) is 6.98. The van der Waals surface area contributed by atoms with Crippen molar-refractivity contribution in [3.05, 3.63) is 17.5 Å². The predicted octanol–water partition coefficient (Wildman–Crippen LogP) is 1.44. The zero-order valence-corrected chi connectivity index (χ0v) is 15.2. The maximum atomic E-state index is 12.9. The highest BCUT2D eigenvalue weighted by atomic mass is 16.5. The Morgan fingerprint density at radius 3 is 2.88 bits per heavy atom. The average Bonchev–Trinajstić information content (AvgIpc) is 2.99. The van der Waals surface area contributed by atoms with Crippen molar-refractivity contribution < 1.29 is 19.1 Å². The van der Waals surface area contributed by atoms with E-state index < -0.39 is 0 Å². The molecule has 3 rings (SSSR count). The minimum atomic E-state index is -0.357. The van der Waals surface area contributed by atoms with Crippen molar-refractivity contribution in [2.24, 2.45) is 18.9 Å². The van der Waals surface area contributed by atoms with Crippen molar-refractivity contribution in [1.29, 1.82) is 0 Å². The number of aryl methyl sites for hydroxylation is 2. The minimum Gasteiger partial charge on any atom is -0.466 e. The van der Waals surface area contributed by atoms with Crippen LogP contribution in [0, 0.1) is 18.8 Å². The van der Waals surface area contributed by atoms with Crippen LogP contribution >= 0.6 is 0 Å². The zero-order chi connectivity index (χ0) is 18.0. The highest BCUT2D eigenvalue weighted by molar-refractivity contribution is 5.81. The van der Waals surface area contributed by atoms with E-state index in [1.807, 2.05) is 36.5 Å². The highest BCUT2D eigenvalue weighted by Crippen LogP contribution is 2.40. The maximum absolute atomic E-state index is 12.9. The molecular weight excluding hydrogens is 322 g/mol. The maximum Gasteiger partial charge on any atom is 0.309 e. The van der Waals surface area contributed by atoms with Gasteiger partial charge in [0.05, 0.1) is 24.8 Å². The van der Waals surface area contributed by atoms with Crippen LogP contribution in [0.2, 0.25) is 0 Å². The van der Waals surface area contributed by atoms with E-state index >= 15 is 0 Å². The molecule has 0 spiro atoms. The Morgan fingerprint density at radius 2 is 2.28 bits per heavy atom. The lowest BCUT2D eigenvalue weighted by molar-refractivity contribution is -0.146. The van der Waals surface area contributed by atoms with E-state index in [9.17, 15) is 9.59 Å². The second kappa shape index (κ2) is 7.56. The van der Waals surface area contributed by atoms with Gasteiger partial charge in [0.1, 0.15) is 6.10 Å². The topological polar surface area (TPSA) is 73.7 Å². The molecule has 1 aliphatic carbocycles. The summed E-state index contributed by atoms with van der Waals surface area (Å²) >= 11 is 0. The molecule has 1 amide bonds. The first-order chi connectivity index (χ1) is 12.0. The Morgan fingerprint density at radius 1 is 1.48 bits per heavy atom. The predicted molar refractivity (Wildman–Crippen MR) is 90.6 cm³/mol. The Hall–Kier alpha value is -1.89. The van der Waals surface area contributed by atoms with Crippen LogP contribution in [0.4, 0.5) is 0 Å². The van der Waals surface area contributed by atoms with Gasteiger partial charge < -0.3 is 14.4 Å². The van der Waals surface area contributed by atoms with Gasteiger partial charge in [0.15, 0.2) is 0 Å². The lowest BCUT2D eigenvalue weighted by atomic mass is 10.2. The number of amides is 1. The lowest BCUT2D eigenvalue weighted by Gasteiger charge is -2.24. The number of hydrogen-bond donors (Lipinski definition) is 0. The van der Waals surface area contributed by atoms with Crippen LogP contribution in [0.25, 0.3) is 0 Å². The third kappa shape index (κ3) is 4.21. The van der Waals surface area contributed by atoms with Crippen LogP contribution in [-0.4, -0.2) is 52.4 Å². The van der Waals surface area contributed by atoms with E-state index in [0.29, 0.717) is 26.3 Å². The number of aromatic nitrogens is 2. The summed E-state index contributed by atoms with van der Waals surface area (Å²) < 4.78 is 12.5. The monoisotopic (exact) mass is 349 g/mol. The van der Waals surface area contributed by atoms with Gasteiger partial charge in [-0.2, -0.15) is 5.10 Å². The summed E-state index contributed by atoms with van der Waals surface area (Å²) in [4.78, 5) is 26.5. The Kier molecular flexibility index (Phi) is 5.42. The number of carbonyl (C=O) groups excluding carboxylic acids is 2. The van der Waals surface area contributed by atoms with Gasteiger partial charge in [-0.3, -0.25) is 14.3 Å². The van der Waals surface area contributed by atoms with Crippen molar-refractivity contribution >= 4 is 11.9 Å². The van der Waals surface area contributed by atoms with Gasteiger partial charge in [-0.1, -0.05) is 0 Å². The fourth-order valence-corrected chi connectivity index (χ4v) is 3.39. The molecule has 0 aromatic carbocycles. The molecule has 138 valence electrons. The molecule has 2 heterocycles. The summed E-state index contributed by atoms with van der Waals surface area (Å²) in [6.45, 7) is 5.84. The summed E-state index contributed by atoms with van der Waals surface area (Å²) in [5.74, 6) is -0.0413. The molecule has 7 nitrogen and oxygen atoms in total. The van der Waals surface area contributed by atoms with Crippen LogP contribution in [0.5, 0.6) is 0 Å². The second-order valence-electron chi connectivity index (χ2n) is 6.98. The summed E-state index contributed by atoms with van der Waals surface area (Å²) in [5, 5.41) is 4.46. The summed E-state index contributed by atoms with van der Waals surface area (Å²) in [6, 6.07) is 1.99. The van der Waals surface area contributed by atoms with Crippen LogP contribution in [0.15, 0.2) is 6.07 Å². The third-order valence-electron chi connectivity index (χ3n) is 5.00. The molecule has 0 N–H and O–H groups in total. The third-order valence-corrected chi connectivity index (χ3v) is 5.00. The van der Waals surface area contributed by atoms with Gasteiger partial charge in [0.2, 0.25) is 0 Å². The Bertz CT molecular complexity index is 617. The molecule has 3 atom stereocenters. The van der Waals surface area contributed by atoms with Crippen LogP contribution in [-0.2, 0) is 32.7 Å². The zero-order valence-electron chi connectivity index (χ0n) is 15.2. The Labute approximate surface area is 148 Å². The fraction of sp³-hybridized carbons (Fsp3) is 0.722. The number of ether oxygens (including phenoxy) is 2. The quantitative estimate of drug-likeness (QED) is 0.697. The van der Waals surface area contributed by atoms with Crippen molar-refractivity contribution in [2.45, 2.75) is 45.8 Å².